The highest BCUT2D eigenvalue weighted by molar-refractivity contribution is 5.72. The zero-order valence-corrected chi connectivity index (χ0v) is 37.3. The quantitative estimate of drug-likeness (QED) is 0.0284. The van der Waals surface area contributed by atoms with Gasteiger partial charge in [-0.15, -0.1) is 0 Å². The van der Waals surface area contributed by atoms with E-state index in [1.807, 2.05) is 21.1 Å². The Morgan fingerprint density at radius 1 is 0.554 bits per heavy atom. The summed E-state index contributed by atoms with van der Waals surface area (Å²) >= 11 is 0. The van der Waals surface area contributed by atoms with Gasteiger partial charge < -0.3 is 23.8 Å². The first kappa shape index (κ1) is 53.8. The molecule has 0 aliphatic carbocycles. The first-order chi connectivity index (χ1) is 27.1. The van der Waals surface area contributed by atoms with Crippen LogP contribution in [0.15, 0.2) is 24.3 Å². The number of carboxylic acids is 1. The second kappa shape index (κ2) is 39.6. The Kier molecular flexibility index (Phi) is 38.1. The van der Waals surface area contributed by atoms with Gasteiger partial charge in [0.15, 0.2) is 12.1 Å². The monoisotopic (exact) mass is 793 g/mol. The minimum absolute atomic E-state index is 0.0459. The largest absolute Gasteiger partial charge is 0.477 e. The van der Waals surface area contributed by atoms with Gasteiger partial charge in [0.2, 0.25) is 0 Å². The third-order valence-corrected chi connectivity index (χ3v) is 10.6. The van der Waals surface area contributed by atoms with Crippen LogP contribution in [0.25, 0.3) is 0 Å². The number of allylic oxidation sites excluding steroid dienone is 4. The third-order valence-electron chi connectivity index (χ3n) is 10.6. The Morgan fingerprint density at radius 3 is 1.46 bits per heavy atom. The van der Waals surface area contributed by atoms with E-state index in [9.17, 15) is 19.5 Å². The van der Waals surface area contributed by atoms with E-state index in [1.54, 1.807) is 0 Å². The molecule has 328 valence electrons. The van der Waals surface area contributed by atoms with Crippen molar-refractivity contribution in [3.8, 4) is 0 Å². The van der Waals surface area contributed by atoms with E-state index in [-0.39, 0.29) is 36.2 Å². The average molecular weight is 793 g/mol. The van der Waals surface area contributed by atoms with Crippen LogP contribution >= 0.6 is 0 Å². The summed E-state index contributed by atoms with van der Waals surface area (Å²) < 4.78 is 17.3. The molecule has 0 radical (unpaired) electrons. The maximum Gasteiger partial charge on any atom is 0.362 e. The predicted octanol–water partition coefficient (Wildman–Crippen LogP) is 12.9. The zero-order valence-electron chi connectivity index (χ0n) is 37.3. The van der Waals surface area contributed by atoms with Crippen LogP contribution in [0.5, 0.6) is 0 Å². The number of hydrogen-bond acceptors (Lipinski definition) is 6. The fourth-order valence-corrected chi connectivity index (χ4v) is 7.01. The van der Waals surface area contributed by atoms with Crippen molar-refractivity contribution in [1.29, 1.82) is 0 Å². The van der Waals surface area contributed by atoms with E-state index in [4.69, 9.17) is 14.2 Å². The lowest BCUT2D eigenvalue weighted by Gasteiger charge is -2.31. The number of esters is 2. The van der Waals surface area contributed by atoms with Gasteiger partial charge in [-0.1, -0.05) is 179 Å². The Labute approximate surface area is 345 Å². The molecule has 0 heterocycles. The molecule has 0 amide bonds. The van der Waals surface area contributed by atoms with Crippen LogP contribution in [0.1, 0.15) is 213 Å². The molecule has 0 aliphatic rings. The normalized spacial score (nSPS) is 13.1. The first-order valence-corrected chi connectivity index (χ1v) is 23.4. The Morgan fingerprint density at radius 2 is 1.00 bits per heavy atom. The van der Waals surface area contributed by atoms with Gasteiger partial charge in [-0.2, -0.15) is 0 Å². The Hall–Kier alpha value is -2.19. The summed E-state index contributed by atoms with van der Waals surface area (Å²) in [5.74, 6) is -1.46. The van der Waals surface area contributed by atoms with Gasteiger partial charge in [0.1, 0.15) is 6.61 Å². The molecule has 0 bridgehead atoms. The van der Waals surface area contributed by atoms with Crippen molar-refractivity contribution in [2.75, 3.05) is 41.0 Å². The summed E-state index contributed by atoms with van der Waals surface area (Å²) in [5.41, 5.74) is 0. The smallest absolute Gasteiger partial charge is 0.362 e. The summed E-state index contributed by atoms with van der Waals surface area (Å²) in [4.78, 5) is 37.0. The van der Waals surface area contributed by atoms with Crippen LogP contribution < -0.4 is 0 Å². The lowest BCUT2D eigenvalue weighted by Crippen LogP contribution is -2.50. The van der Waals surface area contributed by atoms with Gasteiger partial charge in [0.05, 0.1) is 34.4 Å². The zero-order chi connectivity index (χ0) is 41.4. The fourth-order valence-electron chi connectivity index (χ4n) is 7.01. The highest BCUT2D eigenvalue weighted by Crippen LogP contribution is 2.16. The van der Waals surface area contributed by atoms with Crippen LogP contribution in [-0.4, -0.2) is 80.6 Å². The number of likely N-dealkylation sites (N-methyl/N-ethyl adjacent to an activating group) is 1. The number of carbonyl (C=O) groups excluding carboxylic acids is 2. The topological polar surface area (TPSA) is 99.1 Å². The minimum Gasteiger partial charge on any atom is -0.477 e. The number of quaternary nitrogens is 1. The van der Waals surface area contributed by atoms with Crippen molar-refractivity contribution < 1.29 is 38.2 Å². The summed E-state index contributed by atoms with van der Waals surface area (Å²) in [6.45, 7) is 4.65. The molecule has 0 rings (SSSR count). The lowest BCUT2D eigenvalue weighted by molar-refractivity contribution is -0.887. The second-order valence-corrected chi connectivity index (χ2v) is 17.0. The molecule has 2 unspecified atom stereocenters. The van der Waals surface area contributed by atoms with Crippen LogP contribution in [0.4, 0.5) is 0 Å². The molecule has 0 saturated carbocycles. The van der Waals surface area contributed by atoms with Crippen LogP contribution in [0.2, 0.25) is 0 Å². The SMILES string of the molecule is CC/C=C/C/C=C/CCCCCCCCCCCCCCCCC(=O)OC(COCCC(C(=O)O)[N+](C)(C)C)COC(=O)CCCCCCCCCCCCC. The molecule has 2 atom stereocenters. The van der Waals surface area contributed by atoms with Crippen LogP contribution in [0.3, 0.4) is 0 Å². The number of hydrogen-bond donors (Lipinski definition) is 1. The number of ether oxygens (including phenoxy) is 3. The first-order valence-electron chi connectivity index (χ1n) is 23.4. The molecule has 0 aromatic heterocycles. The summed E-state index contributed by atoms with van der Waals surface area (Å²) in [5, 5.41) is 9.62. The van der Waals surface area contributed by atoms with Crippen molar-refractivity contribution in [3.05, 3.63) is 24.3 Å². The minimum atomic E-state index is -0.873. The summed E-state index contributed by atoms with van der Waals surface area (Å²) in [6, 6.07) is -0.610. The van der Waals surface area contributed by atoms with Crippen molar-refractivity contribution in [1.82, 2.24) is 0 Å². The van der Waals surface area contributed by atoms with E-state index in [2.05, 4.69) is 38.2 Å². The number of rotatable bonds is 42. The Balaban J connectivity index is 4.21. The van der Waals surface area contributed by atoms with Crippen molar-refractivity contribution in [2.45, 2.75) is 225 Å². The summed E-state index contributed by atoms with van der Waals surface area (Å²) in [6.07, 6.45) is 43.7. The molecule has 8 heteroatoms. The van der Waals surface area contributed by atoms with Crippen molar-refractivity contribution in [2.24, 2.45) is 0 Å². The maximum atomic E-state index is 12.7. The molecule has 0 fully saturated rings. The second-order valence-electron chi connectivity index (χ2n) is 17.0. The predicted molar refractivity (Wildman–Crippen MR) is 234 cm³/mol. The molecule has 0 aliphatic heterocycles. The fraction of sp³-hybridized carbons (Fsp3) is 0.854. The third kappa shape index (κ3) is 37.4. The number of aliphatic carboxylic acids is 1. The van der Waals surface area contributed by atoms with Gasteiger partial charge >= 0.3 is 17.9 Å². The van der Waals surface area contributed by atoms with Gasteiger partial charge in [0, 0.05) is 19.3 Å². The van der Waals surface area contributed by atoms with Crippen LogP contribution in [-0.2, 0) is 28.6 Å². The van der Waals surface area contributed by atoms with Gasteiger partial charge in [-0.25, -0.2) is 4.79 Å². The molecule has 56 heavy (non-hydrogen) atoms. The van der Waals surface area contributed by atoms with E-state index in [0.717, 1.165) is 51.4 Å². The highest BCUT2D eigenvalue weighted by atomic mass is 16.6. The molecule has 0 saturated heterocycles. The highest BCUT2D eigenvalue weighted by Gasteiger charge is 2.31. The van der Waals surface area contributed by atoms with E-state index < -0.39 is 18.1 Å². The van der Waals surface area contributed by atoms with Crippen molar-refractivity contribution in [3.63, 3.8) is 0 Å². The van der Waals surface area contributed by atoms with Gasteiger partial charge in [-0.05, 0) is 38.5 Å². The van der Waals surface area contributed by atoms with Crippen LogP contribution in [0, 0.1) is 0 Å². The Bertz CT molecular complexity index is 973. The standard InChI is InChI=1S/C48H89NO7/c1-6-8-10-12-14-16-18-19-20-21-22-23-24-25-26-27-29-31-33-35-37-39-47(51)56-44(42-54-41-40-45(48(52)53)49(3,4)5)43-55-46(50)38-36-34-32-30-28-17-15-13-11-9-7-2/h8,10,14,16,44-45H,6-7,9,11-13,15,17-43H2,1-5H3/p+1/b10-8+,16-14+. The van der Waals surface area contributed by atoms with E-state index in [1.165, 1.54) is 128 Å². The van der Waals surface area contributed by atoms with Gasteiger partial charge in [-0.3, -0.25) is 9.59 Å². The molecule has 0 aromatic rings. The van der Waals surface area contributed by atoms with E-state index in [0.29, 0.717) is 19.3 Å². The molecule has 1 N–H and O–H groups in total. The summed E-state index contributed by atoms with van der Waals surface area (Å²) in [7, 11) is 5.53. The number of carboxylic acid groups (broad SMARTS) is 1. The molecular weight excluding hydrogens is 703 g/mol. The maximum absolute atomic E-state index is 12.7. The molecule has 0 aromatic carbocycles. The van der Waals surface area contributed by atoms with Crippen molar-refractivity contribution >= 4 is 17.9 Å². The molecule has 0 spiro atoms. The average Bonchev–Trinajstić information content (AvgIpc) is 3.15. The number of carbonyl (C=O) groups is 3. The molecular formula is C48H90NO7+. The molecule has 8 nitrogen and oxygen atoms in total. The van der Waals surface area contributed by atoms with E-state index >= 15 is 0 Å². The number of nitrogens with zero attached hydrogens (tertiary/aromatic N) is 1. The number of unbranched alkanes of at least 4 members (excludes halogenated alkanes) is 24. The van der Waals surface area contributed by atoms with Gasteiger partial charge in [0.25, 0.3) is 0 Å². The lowest BCUT2D eigenvalue weighted by atomic mass is 10.0.